The molecule has 0 bridgehead atoms. The molecule has 21 heavy (non-hydrogen) atoms. The molecule has 0 radical (unpaired) electrons. The van der Waals surface area contributed by atoms with Crippen molar-refractivity contribution in [2.24, 2.45) is 0 Å². The van der Waals surface area contributed by atoms with Crippen molar-refractivity contribution in [1.29, 1.82) is 0 Å². The Bertz CT molecular complexity index is 767. The number of carbonyl (C=O) groups is 1. The Labute approximate surface area is 122 Å². The van der Waals surface area contributed by atoms with Crippen molar-refractivity contribution in [1.82, 2.24) is 0 Å². The van der Waals surface area contributed by atoms with Gasteiger partial charge in [-0.15, -0.1) is 0 Å². The topological polar surface area (TPSA) is 35.5 Å². The molecule has 0 heterocycles. The van der Waals surface area contributed by atoms with Gasteiger partial charge >= 0.3 is 6.16 Å². The van der Waals surface area contributed by atoms with Gasteiger partial charge in [0.15, 0.2) is 0 Å². The zero-order chi connectivity index (χ0) is 14.7. The average Bonchev–Trinajstić information content (AvgIpc) is 2.52. The van der Waals surface area contributed by atoms with E-state index in [0.29, 0.717) is 5.75 Å². The van der Waals surface area contributed by atoms with Crippen molar-refractivity contribution in [3.05, 3.63) is 67.3 Å². The van der Waals surface area contributed by atoms with E-state index in [1.807, 2.05) is 48.5 Å². The third-order valence-electron chi connectivity index (χ3n) is 3.23. The SMILES string of the molecule is C=CCOC(=O)Oc1c2ccccc2cc2ccccc12. The smallest absolute Gasteiger partial charge is 0.430 e. The van der Waals surface area contributed by atoms with Crippen molar-refractivity contribution in [3.63, 3.8) is 0 Å². The average molecular weight is 278 g/mol. The van der Waals surface area contributed by atoms with Gasteiger partial charge in [-0.3, -0.25) is 0 Å². The Balaban J connectivity index is 2.15. The number of hydrogen-bond acceptors (Lipinski definition) is 3. The molecule has 0 amide bonds. The number of ether oxygens (including phenoxy) is 2. The molecular formula is C18H14O3. The summed E-state index contributed by atoms with van der Waals surface area (Å²) in [7, 11) is 0. The molecule has 0 aliphatic rings. The zero-order valence-corrected chi connectivity index (χ0v) is 11.4. The summed E-state index contributed by atoms with van der Waals surface area (Å²) in [4.78, 5) is 11.8. The maximum absolute atomic E-state index is 11.8. The standard InChI is InChI=1S/C18H14O3/c1-2-11-20-18(19)21-17-15-9-5-3-7-13(15)12-14-8-4-6-10-16(14)17/h2-10,12H,1,11H2. The van der Waals surface area contributed by atoms with E-state index in [9.17, 15) is 4.79 Å². The molecule has 0 atom stereocenters. The van der Waals surface area contributed by atoms with Gasteiger partial charge in [-0.25, -0.2) is 4.79 Å². The molecule has 0 saturated heterocycles. The summed E-state index contributed by atoms with van der Waals surface area (Å²) in [5.41, 5.74) is 0. The number of fused-ring (bicyclic) bond motifs is 2. The molecule has 0 saturated carbocycles. The van der Waals surface area contributed by atoms with Gasteiger partial charge in [0.1, 0.15) is 12.4 Å². The molecular weight excluding hydrogens is 264 g/mol. The third-order valence-corrected chi connectivity index (χ3v) is 3.23. The second-order valence-electron chi connectivity index (χ2n) is 4.60. The summed E-state index contributed by atoms with van der Waals surface area (Å²) < 4.78 is 10.3. The van der Waals surface area contributed by atoms with E-state index in [2.05, 4.69) is 12.6 Å². The van der Waals surface area contributed by atoms with E-state index in [1.165, 1.54) is 6.08 Å². The first-order chi connectivity index (χ1) is 10.3. The normalized spacial score (nSPS) is 10.5. The highest BCUT2D eigenvalue weighted by molar-refractivity contribution is 6.06. The Morgan fingerprint density at radius 2 is 1.57 bits per heavy atom. The van der Waals surface area contributed by atoms with Crippen LogP contribution in [0, 0.1) is 0 Å². The summed E-state index contributed by atoms with van der Waals surface area (Å²) in [6.07, 6.45) is 0.777. The lowest BCUT2D eigenvalue weighted by Gasteiger charge is -2.11. The van der Waals surface area contributed by atoms with E-state index >= 15 is 0 Å². The lowest BCUT2D eigenvalue weighted by atomic mass is 10.0. The lowest BCUT2D eigenvalue weighted by molar-refractivity contribution is 0.111. The quantitative estimate of drug-likeness (QED) is 0.301. The molecule has 0 aliphatic carbocycles. The molecule has 0 spiro atoms. The van der Waals surface area contributed by atoms with Gasteiger partial charge < -0.3 is 9.47 Å². The summed E-state index contributed by atoms with van der Waals surface area (Å²) >= 11 is 0. The van der Waals surface area contributed by atoms with Crippen LogP contribution in [0.5, 0.6) is 5.75 Å². The first-order valence-electron chi connectivity index (χ1n) is 6.65. The molecule has 3 aromatic rings. The molecule has 0 unspecified atom stereocenters. The Morgan fingerprint density at radius 1 is 1.00 bits per heavy atom. The van der Waals surface area contributed by atoms with Crippen LogP contribution in [0.1, 0.15) is 0 Å². The van der Waals surface area contributed by atoms with Gasteiger partial charge in [0.25, 0.3) is 0 Å². The lowest BCUT2D eigenvalue weighted by Crippen LogP contribution is -2.11. The van der Waals surface area contributed by atoms with Crippen LogP contribution in [0.25, 0.3) is 21.5 Å². The van der Waals surface area contributed by atoms with E-state index in [0.717, 1.165) is 21.5 Å². The van der Waals surface area contributed by atoms with Gasteiger partial charge in [0, 0.05) is 10.8 Å². The third kappa shape index (κ3) is 2.58. The number of rotatable bonds is 3. The fourth-order valence-corrected chi connectivity index (χ4v) is 2.32. The van der Waals surface area contributed by atoms with Crippen LogP contribution in [0.2, 0.25) is 0 Å². The van der Waals surface area contributed by atoms with Crippen LogP contribution in [0.3, 0.4) is 0 Å². The van der Waals surface area contributed by atoms with Crippen LogP contribution < -0.4 is 4.74 Å². The molecule has 3 aromatic carbocycles. The summed E-state index contributed by atoms with van der Waals surface area (Å²) in [5, 5.41) is 3.80. The number of carbonyl (C=O) groups excluding carboxylic acids is 1. The maximum Gasteiger partial charge on any atom is 0.514 e. The summed E-state index contributed by atoms with van der Waals surface area (Å²) in [6.45, 7) is 3.63. The molecule has 104 valence electrons. The van der Waals surface area contributed by atoms with Crippen molar-refractivity contribution in [2.45, 2.75) is 0 Å². The molecule has 0 aliphatic heterocycles. The van der Waals surface area contributed by atoms with Gasteiger partial charge in [-0.05, 0) is 16.8 Å². The van der Waals surface area contributed by atoms with Crippen LogP contribution in [-0.4, -0.2) is 12.8 Å². The second-order valence-corrected chi connectivity index (χ2v) is 4.60. The van der Waals surface area contributed by atoms with Crippen LogP contribution in [0.15, 0.2) is 67.3 Å². The highest BCUT2D eigenvalue weighted by Gasteiger charge is 2.13. The van der Waals surface area contributed by atoms with E-state index in [-0.39, 0.29) is 6.61 Å². The predicted molar refractivity (Wildman–Crippen MR) is 83.6 cm³/mol. The molecule has 0 fully saturated rings. The van der Waals surface area contributed by atoms with Crippen LogP contribution in [-0.2, 0) is 4.74 Å². The van der Waals surface area contributed by atoms with Crippen molar-refractivity contribution in [2.75, 3.05) is 6.61 Å². The molecule has 0 N–H and O–H groups in total. The molecule has 3 heteroatoms. The van der Waals surface area contributed by atoms with Crippen LogP contribution >= 0.6 is 0 Å². The Kier molecular flexibility index (Phi) is 3.56. The largest absolute Gasteiger partial charge is 0.514 e. The van der Waals surface area contributed by atoms with Gasteiger partial charge in [-0.2, -0.15) is 0 Å². The molecule has 3 nitrogen and oxygen atoms in total. The fraction of sp³-hybridized carbons (Fsp3) is 0.0556. The van der Waals surface area contributed by atoms with E-state index < -0.39 is 6.16 Å². The minimum atomic E-state index is -0.726. The first kappa shape index (κ1) is 13.2. The second kappa shape index (κ2) is 5.67. The predicted octanol–water partition coefficient (Wildman–Crippen LogP) is 4.69. The van der Waals surface area contributed by atoms with Crippen molar-refractivity contribution >= 4 is 27.7 Å². The van der Waals surface area contributed by atoms with Gasteiger partial charge in [-0.1, -0.05) is 61.2 Å². The molecule has 0 aromatic heterocycles. The van der Waals surface area contributed by atoms with E-state index in [4.69, 9.17) is 9.47 Å². The minimum absolute atomic E-state index is 0.127. The summed E-state index contributed by atoms with van der Waals surface area (Å²) in [6, 6.07) is 17.7. The zero-order valence-electron chi connectivity index (χ0n) is 11.4. The number of hydrogen-bond donors (Lipinski definition) is 0. The van der Waals surface area contributed by atoms with Gasteiger partial charge in [0.05, 0.1) is 0 Å². The molecule has 3 rings (SSSR count). The Morgan fingerprint density at radius 3 is 2.14 bits per heavy atom. The van der Waals surface area contributed by atoms with Crippen LogP contribution in [0.4, 0.5) is 4.79 Å². The maximum atomic E-state index is 11.8. The first-order valence-corrected chi connectivity index (χ1v) is 6.65. The van der Waals surface area contributed by atoms with Gasteiger partial charge in [0.2, 0.25) is 0 Å². The minimum Gasteiger partial charge on any atom is -0.430 e. The fourth-order valence-electron chi connectivity index (χ4n) is 2.32. The van der Waals surface area contributed by atoms with E-state index in [1.54, 1.807) is 0 Å². The highest BCUT2D eigenvalue weighted by Crippen LogP contribution is 2.34. The van der Waals surface area contributed by atoms with Crippen molar-refractivity contribution in [3.8, 4) is 5.75 Å². The highest BCUT2D eigenvalue weighted by atomic mass is 16.7. The summed E-state index contributed by atoms with van der Waals surface area (Å²) in [5.74, 6) is 0.526. The number of benzene rings is 3. The Hall–Kier alpha value is -2.81. The van der Waals surface area contributed by atoms with Crippen molar-refractivity contribution < 1.29 is 14.3 Å². The monoisotopic (exact) mass is 278 g/mol.